The lowest BCUT2D eigenvalue weighted by Gasteiger charge is -2.31. The van der Waals surface area contributed by atoms with Gasteiger partial charge in [0.1, 0.15) is 11.6 Å². The maximum Gasteiger partial charge on any atom is 0.329 e. The fourth-order valence-electron chi connectivity index (χ4n) is 2.62. The molecule has 1 aliphatic heterocycles. The van der Waals surface area contributed by atoms with Crippen molar-refractivity contribution in [2.75, 3.05) is 4.43 Å². The van der Waals surface area contributed by atoms with Crippen LogP contribution in [0.15, 0.2) is 12.3 Å². The molecule has 0 saturated carbocycles. The SMILES string of the molecule is C=C(NC(C)=O)C(=O)N1C(CCI)CCC1C(=O)OC(C)(C)C. The first-order chi connectivity index (χ1) is 10.6. The van der Waals surface area contributed by atoms with Crippen molar-refractivity contribution in [1.82, 2.24) is 10.2 Å². The molecule has 0 aliphatic carbocycles. The van der Waals surface area contributed by atoms with E-state index in [1.54, 1.807) is 20.8 Å². The Morgan fingerprint density at radius 1 is 1.30 bits per heavy atom. The van der Waals surface area contributed by atoms with Crippen molar-refractivity contribution in [3.8, 4) is 0 Å². The first-order valence-electron chi connectivity index (χ1n) is 7.64. The standard InChI is InChI=1S/C16H25IN2O4/c1-10(18-11(2)20)14(21)19-12(8-9-17)6-7-13(19)15(22)23-16(3,4)5/h12-13H,1,6-9H2,2-5H3,(H,18,20). The zero-order chi connectivity index (χ0) is 17.8. The molecule has 2 unspecified atom stereocenters. The Morgan fingerprint density at radius 2 is 1.91 bits per heavy atom. The van der Waals surface area contributed by atoms with Crippen LogP contribution in [-0.2, 0) is 19.1 Å². The highest BCUT2D eigenvalue weighted by atomic mass is 127. The summed E-state index contributed by atoms with van der Waals surface area (Å²) in [4.78, 5) is 37.8. The van der Waals surface area contributed by atoms with Crippen molar-refractivity contribution in [2.45, 2.75) is 64.6 Å². The molecule has 1 fully saturated rings. The molecule has 0 aromatic heterocycles. The van der Waals surface area contributed by atoms with Gasteiger partial charge in [-0.25, -0.2) is 4.79 Å². The molecule has 0 aromatic carbocycles. The summed E-state index contributed by atoms with van der Waals surface area (Å²) in [7, 11) is 0. The van der Waals surface area contributed by atoms with E-state index in [-0.39, 0.29) is 17.6 Å². The Hall–Kier alpha value is -1.12. The predicted molar refractivity (Wildman–Crippen MR) is 96.0 cm³/mol. The van der Waals surface area contributed by atoms with E-state index in [1.807, 2.05) is 0 Å². The summed E-state index contributed by atoms with van der Waals surface area (Å²) in [5.41, 5.74) is -0.617. The van der Waals surface area contributed by atoms with E-state index in [2.05, 4.69) is 34.5 Å². The van der Waals surface area contributed by atoms with Crippen LogP contribution in [0.5, 0.6) is 0 Å². The first kappa shape index (κ1) is 19.9. The van der Waals surface area contributed by atoms with Gasteiger partial charge in [-0.2, -0.15) is 0 Å². The number of nitrogens with zero attached hydrogens (tertiary/aromatic N) is 1. The second-order valence-electron chi connectivity index (χ2n) is 6.63. The third-order valence-electron chi connectivity index (χ3n) is 3.44. The number of carbonyl (C=O) groups is 3. The summed E-state index contributed by atoms with van der Waals surface area (Å²) in [5.74, 6) is -1.18. The summed E-state index contributed by atoms with van der Waals surface area (Å²) in [5, 5.41) is 2.41. The molecule has 2 amide bonds. The molecule has 0 radical (unpaired) electrons. The number of esters is 1. The molecule has 130 valence electrons. The van der Waals surface area contributed by atoms with Crippen LogP contribution < -0.4 is 5.32 Å². The van der Waals surface area contributed by atoms with Crippen LogP contribution in [0.4, 0.5) is 0 Å². The van der Waals surface area contributed by atoms with E-state index < -0.39 is 23.5 Å². The molecule has 23 heavy (non-hydrogen) atoms. The molecule has 6 nitrogen and oxygen atoms in total. The minimum absolute atomic E-state index is 0.00795. The average Bonchev–Trinajstić information content (AvgIpc) is 2.79. The van der Waals surface area contributed by atoms with Gasteiger partial charge in [0, 0.05) is 17.4 Å². The summed E-state index contributed by atoms with van der Waals surface area (Å²) >= 11 is 2.25. The number of likely N-dealkylation sites (tertiary alicyclic amines) is 1. The summed E-state index contributed by atoms with van der Waals surface area (Å²) in [6.07, 6.45) is 2.10. The highest BCUT2D eigenvalue weighted by Crippen LogP contribution is 2.30. The van der Waals surface area contributed by atoms with Gasteiger partial charge in [0.05, 0.1) is 5.70 Å². The van der Waals surface area contributed by atoms with Crippen molar-refractivity contribution in [3.63, 3.8) is 0 Å². The Bertz CT molecular complexity index is 499. The Kier molecular flexibility index (Phi) is 7.03. The smallest absolute Gasteiger partial charge is 0.329 e. The lowest BCUT2D eigenvalue weighted by molar-refractivity contribution is -0.163. The van der Waals surface area contributed by atoms with Gasteiger partial charge in [0.15, 0.2) is 0 Å². The van der Waals surface area contributed by atoms with Crippen LogP contribution in [0, 0.1) is 0 Å². The van der Waals surface area contributed by atoms with E-state index in [9.17, 15) is 14.4 Å². The first-order valence-corrected chi connectivity index (χ1v) is 9.17. The van der Waals surface area contributed by atoms with Crippen LogP contribution in [-0.4, -0.2) is 44.8 Å². The maximum absolute atomic E-state index is 12.6. The fraction of sp³-hybridized carbons (Fsp3) is 0.688. The Morgan fingerprint density at radius 3 is 2.39 bits per heavy atom. The van der Waals surface area contributed by atoms with E-state index in [0.717, 1.165) is 17.3 Å². The van der Waals surface area contributed by atoms with Crippen LogP contribution in [0.2, 0.25) is 0 Å². The number of rotatable bonds is 5. The molecule has 1 saturated heterocycles. The van der Waals surface area contributed by atoms with Crippen molar-refractivity contribution in [1.29, 1.82) is 0 Å². The van der Waals surface area contributed by atoms with Crippen LogP contribution >= 0.6 is 22.6 Å². The summed E-state index contributed by atoms with van der Waals surface area (Å²) < 4.78 is 6.31. The molecular formula is C16H25IN2O4. The van der Waals surface area contributed by atoms with E-state index in [1.165, 1.54) is 11.8 Å². The number of amides is 2. The molecule has 0 bridgehead atoms. The number of nitrogens with one attached hydrogen (secondary N) is 1. The quantitative estimate of drug-likeness (QED) is 0.310. The number of halogens is 1. The second kappa shape index (κ2) is 8.12. The van der Waals surface area contributed by atoms with Gasteiger partial charge in [0.2, 0.25) is 5.91 Å². The van der Waals surface area contributed by atoms with Crippen LogP contribution in [0.3, 0.4) is 0 Å². The largest absolute Gasteiger partial charge is 0.458 e. The molecule has 7 heteroatoms. The fourth-order valence-corrected chi connectivity index (χ4v) is 3.34. The highest BCUT2D eigenvalue weighted by Gasteiger charge is 2.43. The second-order valence-corrected chi connectivity index (χ2v) is 7.71. The molecule has 1 rings (SSSR count). The van der Waals surface area contributed by atoms with Crippen molar-refractivity contribution in [2.24, 2.45) is 0 Å². The maximum atomic E-state index is 12.6. The summed E-state index contributed by atoms with van der Waals surface area (Å²) in [6, 6.07) is -0.664. The van der Waals surface area contributed by atoms with Gasteiger partial charge < -0.3 is 15.0 Å². The molecular weight excluding hydrogens is 411 g/mol. The number of carbonyl (C=O) groups excluding carboxylic acids is 3. The van der Waals surface area contributed by atoms with Gasteiger partial charge in [0.25, 0.3) is 5.91 Å². The third kappa shape index (κ3) is 5.78. The minimum Gasteiger partial charge on any atom is -0.458 e. The number of hydrogen-bond donors (Lipinski definition) is 1. The zero-order valence-electron chi connectivity index (χ0n) is 14.1. The molecule has 0 aromatic rings. The van der Waals surface area contributed by atoms with Gasteiger partial charge in [-0.1, -0.05) is 29.2 Å². The van der Waals surface area contributed by atoms with Gasteiger partial charge >= 0.3 is 5.97 Å². The average molecular weight is 436 g/mol. The molecule has 2 atom stereocenters. The van der Waals surface area contributed by atoms with E-state index in [4.69, 9.17) is 4.74 Å². The van der Waals surface area contributed by atoms with E-state index >= 15 is 0 Å². The van der Waals surface area contributed by atoms with Crippen molar-refractivity contribution in [3.05, 3.63) is 12.3 Å². The molecule has 1 N–H and O–H groups in total. The third-order valence-corrected chi connectivity index (χ3v) is 4.07. The van der Waals surface area contributed by atoms with E-state index in [0.29, 0.717) is 6.42 Å². The summed E-state index contributed by atoms with van der Waals surface area (Å²) in [6.45, 7) is 10.3. The van der Waals surface area contributed by atoms with Crippen LogP contribution in [0.25, 0.3) is 0 Å². The predicted octanol–water partition coefficient (Wildman–Crippen LogP) is 2.16. The van der Waals surface area contributed by atoms with Crippen molar-refractivity contribution < 1.29 is 19.1 Å². The zero-order valence-corrected chi connectivity index (χ0v) is 16.3. The molecule has 1 aliphatic rings. The topological polar surface area (TPSA) is 75.7 Å². The molecule has 1 heterocycles. The number of alkyl halides is 1. The lowest BCUT2D eigenvalue weighted by atomic mass is 10.1. The normalized spacial score (nSPS) is 21.0. The number of hydrogen-bond acceptors (Lipinski definition) is 4. The monoisotopic (exact) mass is 436 g/mol. The Balaban J connectivity index is 2.97. The number of ether oxygens (including phenoxy) is 1. The lowest BCUT2D eigenvalue weighted by Crippen LogP contribution is -2.49. The van der Waals surface area contributed by atoms with Gasteiger partial charge in [-0.05, 0) is 40.0 Å². The van der Waals surface area contributed by atoms with Crippen LogP contribution in [0.1, 0.15) is 47.0 Å². The van der Waals surface area contributed by atoms with Gasteiger partial charge in [-0.3, -0.25) is 9.59 Å². The highest BCUT2D eigenvalue weighted by molar-refractivity contribution is 14.1. The van der Waals surface area contributed by atoms with Crippen molar-refractivity contribution >= 4 is 40.4 Å². The molecule has 0 spiro atoms. The minimum atomic E-state index is -0.625. The Labute approximate surface area is 151 Å². The van der Waals surface area contributed by atoms with Gasteiger partial charge in [-0.15, -0.1) is 0 Å².